The molecule has 4 N–H and O–H groups in total. The van der Waals surface area contributed by atoms with Crippen LogP contribution in [0.2, 0.25) is 0 Å². The fourth-order valence-electron chi connectivity index (χ4n) is 5.90. The molecule has 0 spiro atoms. The predicted octanol–water partition coefficient (Wildman–Crippen LogP) is 4.84. The number of alkyl halides is 3. The van der Waals surface area contributed by atoms with Gasteiger partial charge < -0.3 is 15.4 Å². The number of nitrogens with zero attached hydrogens (tertiary/aromatic N) is 2. The number of likely N-dealkylation sites (tertiary alicyclic amines) is 1. The summed E-state index contributed by atoms with van der Waals surface area (Å²) in [6.45, 7) is 0.969. The molecule has 0 bridgehead atoms. The molecule has 7 nitrogen and oxygen atoms in total. The number of aliphatic hydroxyl groups excluding tert-OH is 1. The largest absolute Gasteiger partial charge is 0.390 e. The van der Waals surface area contributed by atoms with Gasteiger partial charge in [0.1, 0.15) is 18.2 Å². The monoisotopic (exact) mass is 567 g/mol. The topological polar surface area (TPSA) is 75.8 Å². The first-order chi connectivity index (χ1) is 19.1. The molecular weight excluding hydrogens is 533 g/mol. The molecule has 1 saturated heterocycles. The number of aliphatic hydroxyl groups is 1. The lowest BCUT2D eigenvalue weighted by Crippen LogP contribution is -2.54. The van der Waals surface area contributed by atoms with Gasteiger partial charge in [-0.1, -0.05) is 0 Å². The molecular formula is C28H34F5N5O2. The second-order valence-electron chi connectivity index (χ2n) is 10.7. The second-order valence-corrected chi connectivity index (χ2v) is 10.7. The van der Waals surface area contributed by atoms with Crippen LogP contribution in [0.3, 0.4) is 0 Å². The molecule has 2 aliphatic heterocycles. The number of fused-ring (bicyclic) bond motifs is 3. The van der Waals surface area contributed by atoms with Crippen molar-refractivity contribution < 1.29 is 31.9 Å². The van der Waals surface area contributed by atoms with Crippen LogP contribution < -0.4 is 10.8 Å². The molecule has 3 heterocycles. The van der Waals surface area contributed by atoms with Gasteiger partial charge in [0.2, 0.25) is 0 Å². The van der Waals surface area contributed by atoms with Crippen molar-refractivity contribution in [2.24, 2.45) is 0 Å². The number of rotatable bonds is 11. The Bertz CT molecular complexity index is 1320. The lowest BCUT2D eigenvalue weighted by Gasteiger charge is -2.42. The predicted molar refractivity (Wildman–Crippen MR) is 143 cm³/mol. The summed E-state index contributed by atoms with van der Waals surface area (Å²) >= 11 is 0. The summed E-state index contributed by atoms with van der Waals surface area (Å²) in [6, 6.07) is 6.04. The van der Waals surface area contributed by atoms with Gasteiger partial charge in [0, 0.05) is 53.5 Å². The summed E-state index contributed by atoms with van der Waals surface area (Å²) in [6.07, 6.45) is 0.795. The van der Waals surface area contributed by atoms with Crippen LogP contribution in [0.4, 0.5) is 33.3 Å². The van der Waals surface area contributed by atoms with E-state index in [2.05, 4.69) is 15.8 Å². The van der Waals surface area contributed by atoms with Crippen molar-refractivity contribution in [3.8, 4) is 0 Å². The Labute approximate surface area is 229 Å². The number of nitrogens with one attached hydrogen (secondary N) is 3. The van der Waals surface area contributed by atoms with Gasteiger partial charge >= 0.3 is 0 Å². The number of anilines is 2. The minimum absolute atomic E-state index is 0.0334. The Morgan fingerprint density at radius 3 is 2.50 bits per heavy atom. The Hall–Kier alpha value is -2.93. The highest BCUT2D eigenvalue weighted by Crippen LogP contribution is 2.44. The third-order valence-electron chi connectivity index (χ3n) is 7.76. The van der Waals surface area contributed by atoms with Gasteiger partial charge in [-0.05, 0) is 55.7 Å². The summed E-state index contributed by atoms with van der Waals surface area (Å²) in [4.78, 5) is 11.6. The smallest absolute Gasteiger partial charge is 0.283 e. The molecule has 0 amide bonds. The number of aromatic amines is 1. The minimum atomic E-state index is -3.47. The van der Waals surface area contributed by atoms with E-state index in [1.807, 2.05) is 11.0 Å². The highest BCUT2D eigenvalue weighted by molar-refractivity contribution is 5.88. The van der Waals surface area contributed by atoms with E-state index in [9.17, 15) is 18.3 Å². The summed E-state index contributed by atoms with van der Waals surface area (Å²) in [5, 5.41) is 13.2. The number of hydrogen-bond acceptors (Lipinski definition) is 6. The van der Waals surface area contributed by atoms with Crippen molar-refractivity contribution in [1.29, 1.82) is 0 Å². The molecule has 2 unspecified atom stereocenters. The van der Waals surface area contributed by atoms with Gasteiger partial charge in [-0.3, -0.25) is 24.5 Å². The van der Waals surface area contributed by atoms with E-state index in [-0.39, 0.29) is 17.3 Å². The molecule has 218 valence electrons. The van der Waals surface area contributed by atoms with Crippen LogP contribution in [0.25, 0.3) is 10.9 Å². The van der Waals surface area contributed by atoms with Gasteiger partial charge in [-0.15, -0.1) is 0 Å². The molecule has 1 aromatic heterocycles. The van der Waals surface area contributed by atoms with Crippen molar-refractivity contribution in [2.45, 2.75) is 43.8 Å². The Kier molecular flexibility index (Phi) is 8.23. The van der Waals surface area contributed by atoms with Crippen LogP contribution in [0, 0.1) is 11.6 Å². The van der Waals surface area contributed by atoms with Crippen LogP contribution in [0.15, 0.2) is 30.3 Å². The maximum Gasteiger partial charge on any atom is 0.283 e. The van der Waals surface area contributed by atoms with Gasteiger partial charge in [-0.2, -0.15) is 0 Å². The lowest BCUT2D eigenvalue weighted by atomic mass is 9.87. The molecule has 0 radical (unpaired) electrons. The highest BCUT2D eigenvalue weighted by Gasteiger charge is 2.43. The molecule has 3 aromatic rings. The molecule has 0 aliphatic carbocycles. The highest BCUT2D eigenvalue weighted by atomic mass is 19.3. The number of hydrogen-bond donors (Lipinski definition) is 4. The van der Waals surface area contributed by atoms with Crippen molar-refractivity contribution in [3.63, 3.8) is 0 Å². The van der Waals surface area contributed by atoms with Crippen molar-refractivity contribution in [2.75, 3.05) is 57.4 Å². The third-order valence-corrected chi connectivity index (χ3v) is 7.76. The van der Waals surface area contributed by atoms with Gasteiger partial charge in [-0.25, -0.2) is 17.6 Å². The summed E-state index contributed by atoms with van der Waals surface area (Å²) in [5.74, 6) is -5.20. The average molecular weight is 568 g/mol. The quantitative estimate of drug-likeness (QED) is 0.196. The maximum absolute atomic E-state index is 15.8. The first kappa shape index (κ1) is 28.6. The molecule has 2 aliphatic rings. The van der Waals surface area contributed by atoms with Crippen LogP contribution in [-0.4, -0.2) is 84.5 Å². The minimum Gasteiger partial charge on any atom is -0.390 e. The zero-order valence-corrected chi connectivity index (χ0v) is 22.4. The molecule has 5 rings (SSSR count). The molecule has 2 atom stereocenters. The van der Waals surface area contributed by atoms with Gasteiger partial charge in [0.05, 0.1) is 38.1 Å². The van der Waals surface area contributed by atoms with E-state index in [1.54, 1.807) is 19.1 Å². The SMILES string of the molecule is CONc1ccc2[nH]c3c(c2c1)CC(C)N(CC(F)(F)CO)C3c1c(F)cc(NC2CN(CCCF)C2)cc1F. The molecule has 40 heavy (non-hydrogen) atoms. The van der Waals surface area contributed by atoms with Crippen molar-refractivity contribution in [1.82, 2.24) is 14.8 Å². The zero-order chi connectivity index (χ0) is 28.6. The normalized spacial score (nSPS) is 20.5. The maximum atomic E-state index is 15.8. The molecule has 0 saturated carbocycles. The number of halogens is 5. The third kappa shape index (κ3) is 5.63. The number of benzene rings is 2. The summed E-state index contributed by atoms with van der Waals surface area (Å²) in [7, 11) is 1.48. The first-order valence-electron chi connectivity index (χ1n) is 13.4. The molecule has 2 aromatic carbocycles. The van der Waals surface area contributed by atoms with Crippen LogP contribution in [0.1, 0.15) is 36.2 Å². The van der Waals surface area contributed by atoms with Crippen LogP contribution >= 0.6 is 0 Å². The first-order valence-corrected chi connectivity index (χ1v) is 13.4. The number of H-pyrrole nitrogens is 1. The fraction of sp³-hybridized carbons (Fsp3) is 0.500. The van der Waals surface area contributed by atoms with E-state index in [0.29, 0.717) is 49.4 Å². The molecule has 1 fully saturated rings. The van der Waals surface area contributed by atoms with Crippen molar-refractivity contribution >= 4 is 22.3 Å². The summed E-state index contributed by atoms with van der Waals surface area (Å²) in [5.41, 5.74) is 5.24. The Morgan fingerprint density at radius 1 is 1.12 bits per heavy atom. The Balaban J connectivity index is 1.52. The van der Waals surface area contributed by atoms with Gasteiger partial charge in [0.15, 0.2) is 0 Å². The van der Waals surface area contributed by atoms with E-state index < -0.39 is 49.5 Å². The van der Waals surface area contributed by atoms with E-state index in [4.69, 9.17) is 4.84 Å². The lowest BCUT2D eigenvalue weighted by molar-refractivity contribution is -0.0869. The van der Waals surface area contributed by atoms with E-state index in [0.717, 1.165) is 10.9 Å². The van der Waals surface area contributed by atoms with E-state index >= 15 is 8.78 Å². The van der Waals surface area contributed by atoms with Crippen LogP contribution in [-0.2, 0) is 11.3 Å². The second kappa shape index (κ2) is 11.5. The van der Waals surface area contributed by atoms with Crippen LogP contribution in [0.5, 0.6) is 0 Å². The standard InChI is InChI=1S/C28H34F5N5O2/c1-16-8-21-20-9-17(36-40-2)4-5-24(20)35-26(21)27(38(16)14-28(32,33)15-39)25-22(30)10-18(11-23(25)31)34-19-12-37(13-19)7-3-6-29/h4-5,9-11,16,19,27,34-36,39H,3,6-8,12-15H2,1-2H3. The average Bonchev–Trinajstić information content (AvgIpc) is 3.24. The zero-order valence-electron chi connectivity index (χ0n) is 22.4. The number of aromatic nitrogens is 1. The van der Waals surface area contributed by atoms with E-state index in [1.165, 1.54) is 24.1 Å². The molecule has 12 heteroatoms. The van der Waals surface area contributed by atoms with Gasteiger partial charge in [0.25, 0.3) is 5.92 Å². The van der Waals surface area contributed by atoms with Crippen molar-refractivity contribution in [3.05, 3.63) is 58.8 Å². The summed E-state index contributed by atoms with van der Waals surface area (Å²) < 4.78 is 73.1. The Morgan fingerprint density at radius 2 is 1.85 bits per heavy atom. The fourth-order valence-corrected chi connectivity index (χ4v) is 5.90.